The number of anilines is 1. The lowest BCUT2D eigenvalue weighted by molar-refractivity contribution is 0.0923. The van der Waals surface area contributed by atoms with Crippen molar-refractivity contribution in [1.29, 1.82) is 0 Å². The molecule has 1 atom stereocenters. The second-order valence-corrected chi connectivity index (χ2v) is 4.57. The molecular formula is C15H16N2O4. The lowest BCUT2D eigenvalue weighted by Crippen LogP contribution is -2.30. The first-order valence-electron chi connectivity index (χ1n) is 6.47. The van der Waals surface area contributed by atoms with Crippen LogP contribution < -0.4 is 10.6 Å². The minimum Gasteiger partial charge on any atom is -0.459 e. The Morgan fingerprint density at radius 1 is 1.24 bits per heavy atom. The van der Waals surface area contributed by atoms with Gasteiger partial charge in [0.25, 0.3) is 11.8 Å². The van der Waals surface area contributed by atoms with Gasteiger partial charge in [-0.1, -0.05) is 6.07 Å². The van der Waals surface area contributed by atoms with Crippen LogP contribution in [-0.4, -0.2) is 29.6 Å². The smallest absolute Gasteiger partial charge is 0.291 e. The van der Waals surface area contributed by atoms with Crippen molar-refractivity contribution in [2.75, 3.05) is 11.9 Å². The number of benzene rings is 1. The molecule has 0 radical (unpaired) electrons. The first kappa shape index (κ1) is 14.8. The number of carbonyl (C=O) groups excluding carboxylic acids is 2. The van der Waals surface area contributed by atoms with E-state index in [2.05, 4.69) is 10.6 Å². The molecule has 0 saturated carbocycles. The lowest BCUT2D eigenvalue weighted by atomic mass is 10.2. The van der Waals surface area contributed by atoms with Gasteiger partial charge in [-0.25, -0.2) is 0 Å². The quantitative estimate of drug-likeness (QED) is 0.780. The van der Waals surface area contributed by atoms with Crippen LogP contribution in [0.5, 0.6) is 0 Å². The number of hydrogen-bond acceptors (Lipinski definition) is 4. The number of carbonyl (C=O) groups is 2. The Hall–Kier alpha value is -2.60. The van der Waals surface area contributed by atoms with Crippen LogP contribution in [0.4, 0.5) is 5.69 Å². The van der Waals surface area contributed by atoms with Gasteiger partial charge in [0.05, 0.1) is 12.4 Å². The Kier molecular flexibility index (Phi) is 4.73. The number of amides is 2. The summed E-state index contributed by atoms with van der Waals surface area (Å²) in [6, 6.07) is 9.68. The van der Waals surface area contributed by atoms with E-state index in [0.29, 0.717) is 11.3 Å². The van der Waals surface area contributed by atoms with Gasteiger partial charge in [0, 0.05) is 17.8 Å². The topological polar surface area (TPSA) is 91.6 Å². The molecule has 1 aromatic heterocycles. The molecule has 3 N–H and O–H groups in total. The summed E-state index contributed by atoms with van der Waals surface area (Å²) in [7, 11) is 0. The van der Waals surface area contributed by atoms with Gasteiger partial charge in [-0.15, -0.1) is 0 Å². The standard InChI is InChI=1S/C15H16N2O4/c1-10(18)9-16-14(19)11-4-2-5-12(8-11)17-15(20)13-6-3-7-21-13/h2-8,10,18H,9H2,1H3,(H,16,19)(H,17,20). The van der Waals surface area contributed by atoms with Gasteiger partial charge in [-0.3, -0.25) is 9.59 Å². The molecule has 0 aliphatic heterocycles. The molecule has 0 saturated heterocycles. The van der Waals surface area contributed by atoms with Crippen LogP contribution in [0.3, 0.4) is 0 Å². The van der Waals surface area contributed by atoms with Crippen molar-refractivity contribution < 1.29 is 19.1 Å². The summed E-state index contributed by atoms with van der Waals surface area (Å²) >= 11 is 0. The fraction of sp³-hybridized carbons (Fsp3) is 0.200. The molecule has 0 aliphatic rings. The fourth-order valence-corrected chi connectivity index (χ4v) is 1.68. The molecule has 1 aromatic carbocycles. The van der Waals surface area contributed by atoms with Crippen LogP contribution in [-0.2, 0) is 0 Å². The first-order valence-corrected chi connectivity index (χ1v) is 6.47. The first-order chi connectivity index (χ1) is 10.1. The predicted octanol–water partition coefficient (Wildman–Crippen LogP) is 1.64. The van der Waals surface area contributed by atoms with Crippen LogP contribution >= 0.6 is 0 Å². The summed E-state index contributed by atoms with van der Waals surface area (Å²) in [6.45, 7) is 1.75. The molecule has 110 valence electrons. The normalized spacial score (nSPS) is 11.7. The number of hydrogen-bond donors (Lipinski definition) is 3. The van der Waals surface area contributed by atoms with E-state index in [0.717, 1.165) is 0 Å². The molecule has 21 heavy (non-hydrogen) atoms. The summed E-state index contributed by atoms with van der Waals surface area (Å²) < 4.78 is 4.99. The molecule has 6 heteroatoms. The number of aliphatic hydroxyl groups excluding tert-OH is 1. The highest BCUT2D eigenvalue weighted by atomic mass is 16.3. The maximum absolute atomic E-state index is 11.9. The summed E-state index contributed by atoms with van der Waals surface area (Å²) in [5.41, 5.74) is 0.883. The van der Waals surface area contributed by atoms with Crippen LogP contribution in [0.2, 0.25) is 0 Å². The third kappa shape index (κ3) is 4.19. The Bertz CT molecular complexity index is 620. The molecule has 0 aliphatic carbocycles. The molecule has 0 bridgehead atoms. The Balaban J connectivity index is 2.04. The average Bonchev–Trinajstić information content (AvgIpc) is 2.99. The van der Waals surface area contributed by atoms with Gasteiger partial charge >= 0.3 is 0 Å². The van der Waals surface area contributed by atoms with Crippen molar-refractivity contribution in [2.45, 2.75) is 13.0 Å². The van der Waals surface area contributed by atoms with Gasteiger partial charge in [0.1, 0.15) is 0 Å². The van der Waals surface area contributed by atoms with E-state index in [4.69, 9.17) is 9.52 Å². The Labute approximate surface area is 121 Å². The SMILES string of the molecule is CC(O)CNC(=O)c1cccc(NC(=O)c2ccco2)c1. The van der Waals surface area contributed by atoms with Crippen molar-refractivity contribution in [1.82, 2.24) is 5.32 Å². The van der Waals surface area contributed by atoms with Gasteiger partial charge in [-0.05, 0) is 37.3 Å². The molecule has 1 unspecified atom stereocenters. The highest BCUT2D eigenvalue weighted by Crippen LogP contribution is 2.12. The zero-order valence-corrected chi connectivity index (χ0v) is 11.5. The minimum atomic E-state index is -0.615. The highest BCUT2D eigenvalue weighted by Gasteiger charge is 2.11. The number of nitrogens with one attached hydrogen (secondary N) is 2. The maximum Gasteiger partial charge on any atom is 0.291 e. The van der Waals surface area contributed by atoms with Gasteiger partial charge in [0.15, 0.2) is 5.76 Å². The van der Waals surface area contributed by atoms with Crippen molar-refractivity contribution in [3.63, 3.8) is 0 Å². The highest BCUT2D eigenvalue weighted by molar-refractivity contribution is 6.03. The van der Waals surface area contributed by atoms with Crippen molar-refractivity contribution >= 4 is 17.5 Å². The molecule has 0 fully saturated rings. The van der Waals surface area contributed by atoms with E-state index in [1.54, 1.807) is 43.3 Å². The molecule has 2 aromatic rings. The van der Waals surface area contributed by atoms with E-state index in [-0.39, 0.29) is 24.1 Å². The number of furan rings is 1. The average molecular weight is 288 g/mol. The Morgan fingerprint density at radius 2 is 2.05 bits per heavy atom. The Morgan fingerprint density at radius 3 is 2.71 bits per heavy atom. The zero-order chi connectivity index (χ0) is 15.2. The number of aliphatic hydroxyl groups is 1. The van der Waals surface area contributed by atoms with Crippen molar-refractivity contribution in [2.24, 2.45) is 0 Å². The summed E-state index contributed by atoms with van der Waals surface area (Å²) in [6.07, 6.45) is 0.797. The third-order valence-electron chi connectivity index (χ3n) is 2.69. The summed E-state index contributed by atoms with van der Waals surface area (Å²) in [5, 5.41) is 14.4. The third-order valence-corrected chi connectivity index (χ3v) is 2.69. The van der Waals surface area contributed by atoms with Crippen LogP contribution in [0.25, 0.3) is 0 Å². The van der Waals surface area contributed by atoms with Crippen LogP contribution in [0, 0.1) is 0 Å². The van der Waals surface area contributed by atoms with E-state index >= 15 is 0 Å². The van der Waals surface area contributed by atoms with Gasteiger partial charge < -0.3 is 20.2 Å². The van der Waals surface area contributed by atoms with Crippen molar-refractivity contribution in [3.8, 4) is 0 Å². The van der Waals surface area contributed by atoms with E-state index in [1.807, 2.05) is 0 Å². The molecular weight excluding hydrogens is 272 g/mol. The zero-order valence-electron chi connectivity index (χ0n) is 11.5. The summed E-state index contributed by atoms with van der Waals surface area (Å²) in [4.78, 5) is 23.7. The molecule has 6 nitrogen and oxygen atoms in total. The minimum absolute atomic E-state index is 0.168. The summed E-state index contributed by atoms with van der Waals surface area (Å²) in [5.74, 6) is -0.509. The monoisotopic (exact) mass is 288 g/mol. The van der Waals surface area contributed by atoms with Gasteiger partial charge in [-0.2, -0.15) is 0 Å². The number of rotatable bonds is 5. The second-order valence-electron chi connectivity index (χ2n) is 4.57. The van der Waals surface area contributed by atoms with Gasteiger partial charge in [0.2, 0.25) is 0 Å². The maximum atomic E-state index is 11.9. The molecule has 2 amide bonds. The van der Waals surface area contributed by atoms with E-state index < -0.39 is 6.10 Å². The lowest BCUT2D eigenvalue weighted by Gasteiger charge is -2.09. The van der Waals surface area contributed by atoms with E-state index in [1.165, 1.54) is 6.26 Å². The second kappa shape index (κ2) is 6.71. The molecule has 1 heterocycles. The molecule has 2 rings (SSSR count). The van der Waals surface area contributed by atoms with Crippen LogP contribution in [0.15, 0.2) is 47.1 Å². The largest absolute Gasteiger partial charge is 0.459 e. The van der Waals surface area contributed by atoms with Crippen molar-refractivity contribution in [3.05, 3.63) is 54.0 Å². The van der Waals surface area contributed by atoms with E-state index in [9.17, 15) is 9.59 Å². The fourth-order valence-electron chi connectivity index (χ4n) is 1.68. The molecule has 0 spiro atoms. The predicted molar refractivity (Wildman–Crippen MR) is 77.1 cm³/mol. The van der Waals surface area contributed by atoms with Crippen LogP contribution in [0.1, 0.15) is 27.8 Å².